The van der Waals surface area contributed by atoms with E-state index in [4.69, 9.17) is 9.47 Å². The Balaban J connectivity index is 1.54. The van der Waals surface area contributed by atoms with Gasteiger partial charge in [-0.2, -0.15) is 0 Å². The average Bonchev–Trinajstić information content (AvgIpc) is 3.22. The molecule has 132 valence electrons. The van der Waals surface area contributed by atoms with Crippen molar-refractivity contribution in [3.8, 4) is 0 Å². The molecule has 1 amide bonds. The summed E-state index contributed by atoms with van der Waals surface area (Å²) in [4.78, 5) is 27.7. The summed E-state index contributed by atoms with van der Waals surface area (Å²) in [5.41, 5.74) is -0.597. The molecule has 1 spiro atoms. The molecule has 1 unspecified atom stereocenters. The van der Waals surface area contributed by atoms with Crippen molar-refractivity contribution in [3.05, 3.63) is 12.2 Å². The van der Waals surface area contributed by atoms with Crippen molar-refractivity contribution in [3.63, 3.8) is 0 Å². The number of fused-ring (bicyclic) bond motifs is 1. The summed E-state index contributed by atoms with van der Waals surface area (Å²) >= 11 is 0. The van der Waals surface area contributed by atoms with Gasteiger partial charge in [0.1, 0.15) is 11.5 Å². The standard InChI is InChI=1S/C19H27NO4/c1-12(2)10-23-18(22)15-14-8-9-19(24-14)11-20(17(21)16(15)19)13-6-4-3-5-7-13/h8-9,12-16H,3-7,10-11H2,1-2H3/t14-,15+,16-,19?/m1/s1. The molecule has 3 fully saturated rings. The number of rotatable bonds is 4. The molecular weight excluding hydrogens is 306 g/mol. The highest BCUT2D eigenvalue weighted by atomic mass is 16.6. The minimum absolute atomic E-state index is 0.0975. The summed E-state index contributed by atoms with van der Waals surface area (Å²) in [6.45, 7) is 5.02. The van der Waals surface area contributed by atoms with E-state index in [1.165, 1.54) is 19.3 Å². The lowest BCUT2D eigenvalue weighted by Crippen LogP contribution is -2.42. The molecule has 0 aromatic heterocycles. The number of esters is 1. The number of hydrogen-bond donors (Lipinski definition) is 0. The van der Waals surface area contributed by atoms with Gasteiger partial charge < -0.3 is 14.4 Å². The third kappa shape index (κ3) is 2.40. The van der Waals surface area contributed by atoms with Crippen LogP contribution in [0.25, 0.3) is 0 Å². The smallest absolute Gasteiger partial charge is 0.312 e. The average molecular weight is 333 g/mol. The van der Waals surface area contributed by atoms with Crippen molar-refractivity contribution in [1.29, 1.82) is 0 Å². The van der Waals surface area contributed by atoms with Crippen LogP contribution in [-0.2, 0) is 19.1 Å². The molecule has 2 saturated heterocycles. The van der Waals surface area contributed by atoms with Crippen molar-refractivity contribution in [2.75, 3.05) is 13.2 Å². The lowest BCUT2D eigenvalue weighted by atomic mass is 9.77. The van der Waals surface area contributed by atoms with Gasteiger partial charge in [0.05, 0.1) is 25.2 Å². The fourth-order valence-corrected chi connectivity index (χ4v) is 4.84. The summed E-state index contributed by atoms with van der Waals surface area (Å²) < 4.78 is 11.6. The second-order valence-electron chi connectivity index (χ2n) is 8.18. The zero-order chi connectivity index (χ0) is 16.9. The Labute approximate surface area is 143 Å². The predicted molar refractivity (Wildman–Crippen MR) is 88.1 cm³/mol. The van der Waals surface area contributed by atoms with Gasteiger partial charge in [-0.1, -0.05) is 45.3 Å². The van der Waals surface area contributed by atoms with Crippen LogP contribution in [0.15, 0.2) is 12.2 Å². The first-order chi connectivity index (χ1) is 11.5. The molecule has 0 aromatic rings. The largest absolute Gasteiger partial charge is 0.465 e. The van der Waals surface area contributed by atoms with Crippen LogP contribution in [0.1, 0.15) is 46.0 Å². The summed E-state index contributed by atoms with van der Waals surface area (Å²) in [5.74, 6) is -0.760. The lowest BCUT2D eigenvalue weighted by Gasteiger charge is -2.32. The van der Waals surface area contributed by atoms with Crippen molar-refractivity contribution in [2.24, 2.45) is 17.8 Å². The number of amides is 1. The molecule has 0 aromatic carbocycles. The third-order valence-corrected chi connectivity index (χ3v) is 5.98. The van der Waals surface area contributed by atoms with E-state index in [0.29, 0.717) is 19.2 Å². The molecule has 0 N–H and O–H groups in total. The number of ether oxygens (including phenoxy) is 2. The number of carbonyl (C=O) groups excluding carboxylic acids is 2. The van der Waals surface area contributed by atoms with Crippen LogP contribution in [0.2, 0.25) is 0 Å². The first-order valence-electron chi connectivity index (χ1n) is 9.36. The van der Waals surface area contributed by atoms with Crippen LogP contribution in [-0.4, -0.2) is 47.7 Å². The van der Waals surface area contributed by atoms with Crippen LogP contribution in [0, 0.1) is 17.8 Å². The number of nitrogens with zero attached hydrogens (tertiary/aromatic N) is 1. The lowest BCUT2D eigenvalue weighted by molar-refractivity contribution is -0.155. The van der Waals surface area contributed by atoms with Crippen LogP contribution >= 0.6 is 0 Å². The van der Waals surface area contributed by atoms with Gasteiger partial charge in [0.15, 0.2) is 0 Å². The van der Waals surface area contributed by atoms with Gasteiger partial charge in [-0.3, -0.25) is 9.59 Å². The molecule has 2 bridgehead atoms. The molecule has 4 atom stereocenters. The minimum Gasteiger partial charge on any atom is -0.465 e. The molecule has 3 heterocycles. The van der Waals surface area contributed by atoms with E-state index < -0.39 is 17.4 Å². The Morgan fingerprint density at radius 2 is 2.12 bits per heavy atom. The number of carbonyl (C=O) groups is 2. The van der Waals surface area contributed by atoms with Gasteiger partial charge >= 0.3 is 5.97 Å². The van der Waals surface area contributed by atoms with Crippen LogP contribution < -0.4 is 0 Å². The Morgan fingerprint density at radius 1 is 1.38 bits per heavy atom. The van der Waals surface area contributed by atoms with E-state index in [2.05, 4.69) is 0 Å². The molecule has 1 saturated carbocycles. The highest BCUT2D eigenvalue weighted by Gasteiger charge is 2.67. The maximum absolute atomic E-state index is 13.1. The predicted octanol–water partition coefficient (Wildman–Crippen LogP) is 2.30. The van der Waals surface area contributed by atoms with E-state index in [9.17, 15) is 9.59 Å². The Kier molecular flexibility index (Phi) is 3.94. The van der Waals surface area contributed by atoms with Crippen LogP contribution in [0.5, 0.6) is 0 Å². The van der Waals surface area contributed by atoms with E-state index in [-0.39, 0.29) is 23.9 Å². The summed E-state index contributed by atoms with van der Waals surface area (Å²) in [6, 6.07) is 0.314. The van der Waals surface area contributed by atoms with Crippen LogP contribution in [0.3, 0.4) is 0 Å². The third-order valence-electron chi connectivity index (χ3n) is 5.98. The number of likely N-dealkylation sites (tertiary alicyclic amines) is 1. The fraction of sp³-hybridized carbons (Fsp3) is 0.789. The Morgan fingerprint density at radius 3 is 2.83 bits per heavy atom. The molecule has 4 rings (SSSR count). The monoisotopic (exact) mass is 333 g/mol. The highest BCUT2D eigenvalue weighted by molar-refractivity contribution is 5.91. The van der Waals surface area contributed by atoms with Gasteiger partial charge in [0.25, 0.3) is 0 Å². The quantitative estimate of drug-likeness (QED) is 0.585. The van der Waals surface area contributed by atoms with Gasteiger partial charge in [-0.05, 0) is 18.8 Å². The normalized spacial score (nSPS) is 38.2. The minimum atomic E-state index is -0.597. The second kappa shape index (κ2) is 5.87. The molecule has 3 aliphatic heterocycles. The molecule has 24 heavy (non-hydrogen) atoms. The summed E-state index contributed by atoms with van der Waals surface area (Å²) in [5, 5.41) is 0. The zero-order valence-electron chi connectivity index (χ0n) is 14.6. The molecule has 5 heteroatoms. The molecule has 5 nitrogen and oxygen atoms in total. The van der Waals surface area contributed by atoms with Crippen molar-refractivity contribution in [2.45, 2.75) is 63.7 Å². The molecule has 0 radical (unpaired) electrons. The van der Waals surface area contributed by atoms with Gasteiger partial charge in [-0.25, -0.2) is 0 Å². The van der Waals surface area contributed by atoms with Crippen molar-refractivity contribution >= 4 is 11.9 Å². The van der Waals surface area contributed by atoms with E-state index in [1.807, 2.05) is 30.9 Å². The summed E-state index contributed by atoms with van der Waals surface area (Å²) in [6.07, 6.45) is 9.46. The SMILES string of the molecule is CC(C)COC(=O)[C@H]1[C@H]2C=CC3(CN(C4CCCCC4)C(=O)[C@@H]13)O2. The topological polar surface area (TPSA) is 55.8 Å². The molecule has 1 aliphatic carbocycles. The first-order valence-corrected chi connectivity index (χ1v) is 9.36. The van der Waals surface area contributed by atoms with E-state index in [0.717, 1.165) is 12.8 Å². The van der Waals surface area contributed by atoms with E-state index in [1.54, 1.807) is 0 Å². The Hall–Kier alpha value is -1.36. The first kappa shape index (κ1) is 16.1. The fourth-order valence-electron chi connectivity index (χ4n) is 4.84. The molecular formula is C19H27NO4. The second-order valence-corrected chi connectivity index (χ2v) is 8.18. The summed E-state index contributed by atoms with van der Waals surface area (Å²) in [7, 11) is 0. The molecule has 4 aliphatic rings. The maximum atomic E-state index is 13.1. The van der Waals surface area contributed by atoms with E-state index >= 15 is 0 Å². The zero-order valence-corrected chi connectivity index (χ0v) is 14.6. The van der Waals surface area contributed by atoms with Crippen LogP contribution in [0.4, 0.5) is 0 Å². The van der Waals surface area contributed by atoms with Gasteiger partial charge in [0, 0.05) is 6.04 Å². The maximum Gasteiger partial charge on any atom is 0.312 e. The van der Waals surface area contributed by atoms with Crippen molar-refractivity contribution in [1.82, 2.24) is 4.90 Å². The van der Waals surface area contributed by atoms with Crippen molar-refractivity contribution < 1.29 is 19.1 Å². The van der Waals surface area contributed by atoms with Gasteiger partial charge in [-0.15, -0.1) is 0 Å². The highest BCUT2D eigenvalue weighted by Crippen LogP contribution is 2.53. The Bertz CT molecular complexity index is 566. The number of hydrogen-bond acceptors (Lipinski definition) is 4. The van der Waals surface area contributed by atoms with Gasteiger partial charge in [0.2, 0.25) is 5.91 Å².